The average Bonchev–Trinajstić information content (AvgIpc) is 2.31. The van der Waals surface area contributed by atoms with Crippen LogP contribution in [0.2, 0.25) is 0 Å². The first kappa shape index (κ1) is 15.2. The minimum atomic E-state index is 0.316. The molecule has 1 heteroatoms. The zero-order chi connectivity index (χ0) is 13.4. The second kappa shape index (κ2) is 8.29. The molecule has 1 atom stereocenters. The molecule has 0 heterocycles. The molecule has 0 spiro atoms. The maximum Gasteiger partial charge on any atom is 0.155 e. The molecule has 0 amide bonds. The third-order valence-corrected chi connectivity index (χ3v) is 3.87. The molecule has 0 aliphatic heterocycles. The van der Waals surface area contributed by atoms with E-state index < -0.39 is 0 Å². The van der Waals surface area contributed by atoms with Gasteiger partial charge in [-0.05, 0) is 57.4 Å². The molecule has 0 bridgehead atoms. The van der Waals surface area contributed by atoms with Gasteiger partial charge in [-0.15, -0.1) is 0 Å². The normalized spacial score (nSPS) is 25.4. The van der Waals surface area contributed by atoms with Crippen molar-refractivity contribution in [2.45, 2.75) is 71.6 Å². The molecule has 0 aromatic rings. The van der Waals surface area contributed by atoms with Crippen molar-refractivity contribution in [1.82, 2.24) is 0 Å². The molecule has 1 nitrogen and oxygen atoms in total. The van der Waals surface area contributed by atoms with Gasteiger partial charge in [0.05, 0.1) is 0 Å². The molecule has 0 N–H and O–H groups in total. The van der Waals surface area contributed by atoms with E-state index in [9.17, 15) is 4.79 Å². The van der Waals surface area contributed by atoms with Crippen LogP contribution in [0.4, 0.5) is 0 Å². The number of ketones is 1. The average molecular weight is 248 g/mol. The van der Waals surface area contributed by atoms with Gasteiger partial charge in [0.25, 0.3) is 0 Å². The van der Waals surface area contributed by atoms with Crippen molar-refractivity contribution in [3.63, 3.8) is 0 Å². The van der Waals surface area contributed by atoms with E-state index >= 15 is 0 Å². The highest BCUT2D eigenvalue weighted by atomic mass is 16.1. The van der Waals surface area contributed by atoms with Crippen molar-refractivity contribution in [2.24, 2.45) is 5.92 Å². The van der Waals surface area contributed by atoms with E-state index in [1.807, 2.05) is 6.08 Å². The van der Waals surface area contributed by atoms with Crippen LogP contribution in [-0.4, -0.2) is 5.78 Å². The van der Waals surface area contributed by atoms with Gasteiger partial charge in [0, 0.05) is 6.42 Å². The summed E-state index contributed by atoms with van der Waals surface area (Å²) in [5, 5.41) is 0. The van der Waals surface area contributed by atoms with Crippen LogP contribution in [0.1, 0.15) is 71.6 Å². The Balaban J connectivity index is 2.52. The van der Waals surface area contributed by atoms with Gasteiger partial charge in [0.2, 0.25) is 0 Å². The van der Waals surface area contributed by atoms with Gasteiger partial charge in [-0.1, -0.05) is 37.5 Å². The van der Waals surface area contributed by atoms with E-state index in [1.165, 1.54) is 36.8 Å². The Labute approximate surface area is 112 Å². The van der Waals surface area contributed by atoms with Gasteiger partial charge in [-0.25, -0.2) is 0 Å². The summed E-state index contributed by atoms with van der Waals surface area (Å²) >= 11 is 0. The third kappa shape index (κ3) is 6.78. The molecule has 1 rings (SSSR count). The fourth-order valence-corrected chi connectivity index (χ4v) is 2.55. The van der Waals surface area contributed by atoms with Crippen molar-refractivity contribution in [3.8, 4) is 0 Å². The SMILES string of the molecule is C=C1CCCC(C)=CC(=O)CCCCC(C)CC1. The van der Waals surface area contributed by atoms with E-state index in [2.05, 4.69) is 20.4 Å². The van der Waals surface area contributed by atoms with Crippen LogP contribution >= 0.6 is 0 Å². The number of carbonyl (C=O) groups is 1. The number of hydrogen-bond acceptors (Lipinski definition) is 1. The Bertz CT molecular complexity index is 312. The monoisotopic (exact) mass is 248 g/mol. The second-order valence-electron chi connectivity index (χ2n) is 5.95. The van der Waals surface area contributed by atoms with Gasteiger partial charge in [0.1, 0.15) is 0 Å². The van der Waals surface area contributed by atoms with Gasteiger partial charge in [0.15, 0.2) is 5.78 Å². The van der Waals surface area contributed by atoms with E-state index in [-0.39, 0.29) is 0 Å². The summed E-state index contributed by atoms with van der Waals surface area (Å²) in [5.41, 5.74) is 2.62. The van der Waals surface area contributed by atoms with Crippen LogP contribution in [0, 0.1) is 5.92 Å². The summed E-state index contributed by atoms with van der Waals surface area (Å²) in [4.78, 5) is 11.7. The quantitative estimate of drug-likeness (QED) is 0.537. The number of hydrogen-bond donors (Lipinski definition) is 0. The van der Waals surface area contributed by atoms with Crippen molar-refractivity contribution in [1.29, 1.82) is 0 Å². The van der Waals surface area contributed by atoms with Crippen molar-refractivity contribution >= 4 is 5.78 Å². The standard InChI is InChI=1S/C17H28O/c1-14-7-4-5-10-17(18)13-16(3)9-6-8-15(2)12-11-14/h13-14H,2,4-12H2,1,3H3. The molecule has 0 aromatic heterocycles. The van der Waals surface area contributed by atoms with Crippen LogP contribution < -0.4 is 0 Å². The summed E-state index contributed by atoms with van der Waals surface area (Å²) in [6, 6.07) is 0. The Hall–Kier alpha value is -0.850. The third-order valence-electron chi connectivity index (χ3n) is 3.87. The summed E-state index contributed by atoms with van der Waals surface area (Å²) in [6.07, 6.45) is 11.8. The van der Waals surface area contributed by atoms with E-state index in [4.69, 9.17) is 0 Å². The second-order valence-corrected chi connectivity index (χ2v) is 5.95. The fraction of sp³-hybridized carbons (Fsp3) is 0.706. The summed E-state index contributed by atoms with van der Waals surface area (Å²) in [5.74, 6) is 1.09. The predicted octanol–water partition coefficient (Wildman–Crippen LogP) is 5.22. The number of rotatable bonds is 0. The molecule has 102 valence electrons. The Morgan fingerprint density at radius 3 is 2.61 bits per heavy atom. The summed E-state index contributed by atoms with van der Waals surface area (Å²) in [6.45, 7) is 8.57. The largest absolute Gasteiger partial charge is 0.295 e. The Morgan fingerprint density at radius 1 is 1.06 bits per heavy atom. The molecule has 0 radical (unpaired) electrons. The Morgan fingerprint density at radius 2 is 1.83 bits per heavy atom. The van der Waals surface area contributed by atoms with Crippen LogP contribution in [0.3, 0.4) is 0 Å². The van der Waals surface area contributed by atoms with E-state index in [0.29, 0.717) is 5.78 Å². The molecule has 0 saturated carbocycles. The first-order chi connectivity index (χ1) is 8.58. The van der Waals surface area contributed by atoms with Crippen LogP contribution in [-0.2, 0) is 4.79 Å². The van der Waals surface area contributed by atoms with Crippen molar-refractivity contribution < 1.29 is 4.79 Å². The first-order valence-electron chi connectivity index (χ1n) is 7.44. The molecule has 1 aliphatic rings. The maximum absolute atomic E-state index is 11.7. The number of carbonyl (C=O) groups excluding carboxylic acids is 1. The van der Waals surface area contributed by atoms with Gasteiger partial charge in [-0.2, -0.15) is 0 Å². The summed E-state index contributed by atoms with van der Waals surface area (Å²) < 4.78 is 0. The van der Waals surface area contributed by atoms with E-state index in [1.54, 1.807) is 0 Å². The lowest BCUT2D eigenvalue weighted by Crippen LogP contribution is -2.00. The first-order valence-corrected chi connectivity index (χ1v) is 7.44. The predicted molar refractivity (Wildman–Crippen MR) is 78.6 cm³/mol. The van der Waals surface area contributed by atoms with Crippen molar-refractivity contribution in [2.75, 3.05) is 0 Å². The van der Waals surface area contributed by atoms with Crippen LogP contribution in [0.15, 0.2) is 23.8 Å². The highest BCUT2D eigenvalue weighted by Gasteiger charge is 2.06. The highest BCUT2D eigenvalue weighted by Crippen LogP contribution is 2.21. The zero-order valence-electron chi connectivity index (χ0n) is 12.1. The van der Waals surface area contributed by atoms with Crippen LogP contribution in [0.25, 0.3) is 0 Å². The highest BCUT2D eigenvalue weighted by molar-refractivity contribution is 5.90. The molecule has 1 aliphatic carbocycles. The fourth-order valence-electron chi connectivity index (χ4n) is 2.55. The lowest BCUT2D eigenvalue weighted by Gasteiger charge is -2.13. The molecule has 0 aromatic carbocycles. The maximum atomic E-state index is 11.7. The smallest absolute Gasteiger partial charge is 0.155 e. The molecule has 1 unspecified atom stereocenters. The topological polar surface area (TPSA) is 17.1 Å². The Kier molecular flexibility index (Phi) is 7.00. The zero-order valence-corrected chi connectivity index (χ0v) is 12.1. The van der Waals surface area contributed by atoms with Gasteiger partial charge in [-0.3, -0.25) is 4.79 Å². The number of allylic oxidation sites excluding steroid dienone is 3. The van der Waals surface area contributed by atoms with Crippen LogP contribution in [0.5, 0.6) is 0 Å². The molecule has 0 saturated heterocycles. The van der Waals surface area contributed by atoms with Crippen molar-refractivity contribution in [3.05, 3.63) is 23.8 Å². The van der Waals surface area contributed by atoms with Gasteiger partial charge >= 0.3 is 0 Å². The molecule has 18 heavy (non-hydrogen) atoms. The molecular weight excluding hydrogens is 220 g/mol. The molecular formula is C17H28O. The molecule has 0 fully saturated rings. The minimum Gasteiger partial charge on any atom is -0.295 e. The lowest BCUT2D eigenvalue weighted by molar-refractivity contribution is -0.114. The lowest BCUT2D eigenvalue weighted by atomic mass is 9.93. The van der Waals surface area contributed by atoms with E-state index in [0.717, 1.165) is 38.0 Å². The van der Waals surface area contributed by atoms with Gasteiger partial charge < -0.3 is 0 Å². The minimum absolute atomic E-state index is 0.316. The summed E-state index contributed by atoms with van der Waals surface area (Å²) in [7, 11) is 0.